The number of hydrogen-bond acceptors (Lipinski definition) is 2. The summed E-state index contributed by atoms with van der Waals surface area (Å²) in [5, 5.41) is 3.49. The molecule has 0 amide bonds. The molecule has 0 saturated heterocycles. The van der Waals surface area contributed by atoms with E-state index in [1.165, 1.54) is 19.4 Å². The smallest absolute Gasteiger partial charge is 0.0107 e. The fraction of sp³-hybridized carbons (Fsp3) is 1.00. The minimum atomic E-state index is 0.268. The summed E-state index contributed by atoms with van der Waals surface area (Å²) in [6.45, 7) is 8.93. The van der Waals surface area contributed by atoms with Gasteiger partial charge in [-0.1, -0.05) is 0 Å². The molecule has 0 aromatic rings. The van der Waals surface area contributed by atoms with E-state index < -0.39 is 0 Å². The standard InChI is InChI=1S/C10H22N2/c1-10(2,3)11-7-8-12(4)9-5-6-9/h9,11H,5-8H2,1-4H3. The van der Waals surface area contributed by atoms with E-state index in [0.29, 0.717) is 0 Å². The summed E-state index contributed by atoms with van der Waals surface area (Å²) < 4.78 is 0. The SMILES string of the molecule is CN(CCNC(C)(C)C)C1CC1. The van der Waals surface area contributed by atoms with Crippen LogP contribution in [-0.4, -0.2) is 36.6 Å². The lowest BCUT2D eigenvalue weighted by Gasteiger charge is -2.23. The number of hydrogen-bond donors (Lipinski definition) is 1. The highest BCUT2D eigenvalue weighted by Crippen LogP contribution is 2.24. The van der Waals surface area contributed by atoms with Gasteiger partial charge in [0.2, 0.25) is 0 Å². The number of likely N-dealkylation sites (N-methyl/N-ethyl adjacent to an activating group) is 1. The Hall–Kier alpha value is -0.0800. The lowest BCUT2D eigenvalue weighted by atomic mass is 10.1. The predicted octanol–water partition coefficient (Wildman–Crippen LogP) is 1.47. The van der Waals surface area contributed by atoms with E-state index in [9.17, 15) is 0 Å². The summed E-state index contributed by atoms with van der Waals surface area (Å²) in [5.74, 6) is 0. The molecule has 1 rings (SSSR count). The van der Waals surface area contributed by atoms with Crippen molar-refractivity contribution in [2.24, 2.45) is 0 Å². The first-order valence-electron chi connectivity index (χ1n) is 4.94. The highest BCUT2D eigenvalue weighted by atomic mass is 15.2. The number of rotatable bonds is 4. The third-order valence-electron chi connectivity index (χ3n) is 2.29. The second kappa shape index (κ2) is 3.75. The maximum Gasteiger partial charge on any atom is 0.0107 e. The van der Waals surface area contributed by atoms with Gasteiger partial charge in [0.15, 0.2) is 0 Å². The molecule has 0 heterocycles. The lowest BCUT2D eigenvalue weighted by molar-refractivity contribution is 0.301. The summed E-state index contributed by atoms with van der Waals surface area (Å²) in [5.41, 5.74) is 0.268. The maximum atomic E-state index is 3.49. The molecular weight excluding hydrogens is 148 g/mol. The minimum Gasteiger partial charge on any atom is -0.311 e. The van der Waals surface area contributed by atoms with E-state index >= 15 is 0 Å². The minimum absolute atomic E-state index is 0.268. The molecule has 0 aliphatic heterocycles. The van der Waals surface area contributed by atoms with Gasteiger partial charge in [-0.2, -0.15) is 0 Å². The molecule has 0 spiro atoms. The second-order valence-corrected chi connectivity index (χ2v) is 4.89. The molecule has 0 aromatic heterocycles. The van der Waals surface area contributed by atoms with Gasteiger partial charge in [0.05, 0.1) is 0 Å². The predicted molar refractivity (Wildman–Crippen MR) is 53.4 cm³/mol. The van der Waals surface area contributed by atoms with E-state index in [-0.39, 0.29) is 5.54 Å². The molecule has 0 atom stereocenters. The quantitative estimate of drug-likeness (QED) is 0.687. The van der Waals surface area contributed by atoms with E-state index in [0.717, 1.165) is 12.6 Å². The second-order valence-electron chi connectivity index (χ2n) is 4.89. The van der Waals surface area contributed by atoms with Gasteiger partial charge in [-0.3, -0.25) is 0 Å². The van der Waals surface area contributed by atoms with Crippen LogP contribution >= 0.6 is 0 Å². The molecular formula is C10H22N2. The van der Waals surface area contributed by atoms with Crippen molar-refractivity contribution in [2.75, 3.05) is 20.1 Å². The van der Waals surface area contributed by atoms with Crippen LogP contribution in [0.2, 0.25) is 0 Å². The largest absolute Gasteiger partial charge is 0.311 e. The first-order valence-corrected chi connectivity index (χ1v) is 4.94. The van der Waals surface area contributed by atoms with E-state index in [1.54, 1.807) is 0 Å². The Kier molecular flexibility index (Phi) is 3.13. The van der Waals surface area contributed by atoms with Crippen molar-refractivity contribution in [2.45, 2.75) is 45.2 Å². The number of nitrogens with one attached hydrogen (secondary N) is 1. The first-order chi connectivity index (χ1) is 5.49. The van der Waals surface area contributed by atoms with Gasteiger partial charge in [0, 0.05) is 24.7 Å². The van der Waals surface area contributed by atoms with Crippen molar-refractivity contribution >= 4 is 0 Å². The van der Waals surface area contributed by atoms with Crippen LogP contribution in [-0.2, 0) is 0 Å². The zero-order valence-corrected chi connectivity index (χ0v) is 8.85. The van der Waals surface area contributed by atoms with Crippen LogP contribution in [0.25, 0.3) is 0 Å². The molecule has 0 aromatic carbocycles. The molecule has 0 unspecified atom stereocenters. The summed E-state index contributed by atoms with van der Waals surface area (Å²) in [7, 11) is 2.22. The summed E-state index contributed by atoms with van der Waals surface area (Å²) in [6.07, 6.45) is 2.82. The number of nitrogens with zero attached hydrogens (tertiary/aromatic N) is 1. The van der Waals surface area contributed by atoms with Crippen LogP contribution in [0.1, 0.15) is 33.6 Å². The Morgan fingerprint density at radius 1 is 1.33 bits per heavy atom. The first kappa shape index (κ1) is 10.0. The third kappa shape index (κ3) is 4.07. The van der Waals surface area contributed by atoms with Crippen LogP contribution < -0.4 is 5.32 Å². The Labute approximate surface area is 76.3 Å². The Morgan fingerprint density at radius 2 is 1.92 bits per heavy atom. The molecule has 12 heavy (non-hydrogen) atoms. The van der Waals surface area contributed by atoms with Gasteiger partial charge >= 0.3 is 0 Å². The van der Waals surface area contributed by atoms with Gasteiger partial charge in [-0.25, -0.2) is 0 Å². The summed E-state index contributed by atoms with van der Waals surface area (Å²) in [4.78, 5) is 2.46. The van der Waals surface area contributed by atoms with E-state index in [2.05, 4.69) is 38.0 Å². The molecule has 2 nitrogen and oxygen atoms in total. The Bertz CT molecular complexity index is 133. The van der Waals surface area contributed by atoms with E-state index in [4.69, 9.17) is 0 Å². The third-order valence-corrected chi connectivity index (χ3v) is 2.29. The molecule has 0 bridgehead atoms. The molecule has 1 aliphatic carbocycles. The van der Waals surface area contributed by atoms with Crippen molar-refractivity contribution in [3.8, 4) is 0 Å². The molecule has 0 radical (unpaired) electrons. The average Bonchev–Trinajstić information content (AvgIpc) is 2.64. The zero-order chi connectivity index (χ0) is 9.19. The fourth-order valence-electron chi connectivity index (χ4n) is 1.31. The summed E-state index contributed by atoms with van der Waals surface area (Å²) >= 11 is 0. The van der Waals surface area contributed by atoms with Crippen LogP contribution in [0.4, 0.5) is 0 Å². The molecule has 1 aliphatic rings. The van der Waals surface area contributed by atoms with Crippen molar-refractivity contribution < 1.29 is 0 Å². The Morgan fingerprint density at radius 3 is 2.33 bits per heavy atom. The van der Waals surface area contributed by atoms with Crippen LogP contribution in [0.15, 0.2) is 0 Å². The molecule has 72 valence electrons. The van der Waals surface area contributed by atoms with Gasteiger partial charge in [-0.15, -0.1) is 0 Å². The average molecular weight is 170 g/mol. The Balaban J connectivity index is 2.01. The molecule has 2 heteroatoms. The topological polar surface area (TPSA) is 15.3 Å². The van der Waals surface area contributed by atoms with Gasteiger partial charge in [0.25, 0.3) is 0 Å². The fourth-order valence-corrected chi connectivity index (χ4v) is 1.31. The van der Waals surface area contributed by atoms with E-state index in [1.807, 2.05) is 0 Å². The normalized spacial score (nSPS) is 18.8. The monoisotopic (exact) mass is 170 g/mol. The van der Waals surface area contributed by atoms with Crippen LogP contribution in [0.3, 0.4) is 0 Å². The van der Waals surface area contributed by atoms with Gasteiger partial charge in [0.1, 0.15) is 0 Å². The molecule has 1 fully saturated rings. The van der Waals surface area contributed by atoms with Crippen LogP contribution in [0, 0.1) is 0 Å². The zero-order valence-electron chi connectivity index (χ0n) is 8.85. The highest BCUT2D eigenvalue weighted by Gasteiger charge is 2.25. The van der Waals surface area contributed by atoms with Crippen molar-refractivity contribution in [1.29, 1.82) is 0 Å². The lowest BCUT2D eigenvalue weighted by Crippen LogP contribution is -2.41. The highest BCUT2D eigenvalue weighted by molar-refractivity contribution is 4.83. The van der Waals surface area contributed by atoms with Crippen LogP contribution in [0.5, 0.6) is 0 Å². The maximum absolute atomic E-state index is 3.49. The summed E-state index contributed by atoms with van der Waals surface area (Å²) in [6, 6.07) is 0.895. The molecule has 1 saturated carbocycles. The van der Waals surface area contributed by atoms with Crippen molar-refractivity contribution in [3.63, 3.8) is 0 Å². The van der Waals surface area contributed by atoms with Crippen molar-refractivity contribution in [3.05, 3.63) is 0 Å². The van der Waals surface area contributed by atoms with Crippen molar-refractivity contribution in [1.82, 2.24) is 10.2 Å². The van der Waals surface area contributed by atoms with Gasteiger partial charge < -0.3 is 10.2 Å². The van der Waals surface area contributed by atoms with Gasteiger partial charge in [-0.05, 0) is 40.7 Å². The molecule has 1 N–H and O–H groups in total.